The van der Waals surface area contributed by atoms with Crippen LogP contribution in [-0.2, 0) is 9.59 Å². The minimum Gasteiger partial charge on any atom is -0.465 e. The number of anilines is 1. The Morgan fingerprint density at radius 2 is 1.86 bits per heavy atom. The molecule has 1 saturated heterocycles. The molecule has 7 heteroatoms. The van der Waals surface area contributed by atoms with Crippen LogP contribution in [0.1, 0.15) is 5.76 Å². The number of hydrogen-bond donors (Lipinski definition) is 1. The van der Waals surface area contributed by atoms with Gasteiger partial charge in [0.15, 0.2) is 0 Å². The summed E-state index contributed by atoms with van der Waals surface area (Å²) in [6.07, 6.45) is 2.56. The van der Waals surface area contributed by atoms with Crippen molar-refractivity contribution < 1.29 is 23.2 Å². The largest absolute Gasteiger partial charge is 0.465 e. The summed E-state index contributed by atoms with van der Waals surface area (Å²) in [4.78, 5) is 36.7. The first-order chi connectivity index (χ1) is 10.6. The van der Waals surface area contributed by atoms with Gasteiger partial charge in [0, 0.05) is 0 Å². The fourth-order valence-corrected chi connectivity index (χ4v) is 2.02. The first-order valence-electron chi connectivity index (χ1n) is 6.27. The number of barbiturate groups is 1. The second-order valence-electron chi connectivity index (χ2n) is 4.42. The SMILES string of the molecule is O=C1NC(=O)N(c2ccccc2F)C(=O)/C1=C/c1ccco1. The molecule has 2 aromatic rings. The summed E-state index contributed by atoms with van der Waals surface area (Å²) < 4.78 is 18.9. The Labute approximate surface area is 123 Å². The second kappa shape index (κ2) is 5.28. The molecular formula is C15H9FN2O4. The van der Waals surface area contributed by atoms with Crippen molar-refractivity contribution in [3.63, 3.8) is 0 Å². The van der Waals surface area contributed by atoms with Crippen molar-refractivity contribution in [3.8, 4) is 0 Å². The van der Waals surface area contributed by atoms with E-state index in [1.807, 2.05) is 5.32 Å². The molecule has 0 bridgehead atoms. The van der Waals surface area contributed by atoms with Crippen molar-refractivity contribution >= 4 is 29.6 Å². The second-order valence-corrected chi connectivity index (χ2v) is 4.42. The number of amides is 4. The van der Waals surface area contributed by atoms with E-state index in [1.165, 1.54) is 36.6 Å². The Morgan fingerprint density at radius 1 is 1.09 bits per heavy atom. The van der Waals surface area contributed by atoms with Gasteiger partial charge in [0.05, 0.1) is 12.0 Å². The van der Waals surface area contributed by atoms with Gasteiger partial charge in [0.1, 0.15) is 17.2 Å². The third-order valence-corrected chi connectivity index (χ3v) is 3.02. The smallest absolute Gasteiger partial charge is 0.336 e. The van der Waals surface area contributed by atoms with E-state index in [0.29, 0.717) is 4.90 Å². The Balaban J connectivity index is 2.05. The maximum Gasteiger partial charge on any atom is 0.336 e. The van der Waals surface area contributed by atoms with Crippen LogP contribution in [0.4, 0.5) is 14.9 Å². The number of urea groups is 1. The number of halogens is 1. The molecule has 0 spiro atoms. The van der Waals surface area contributed by atoms with Gasteiger partial charge in [-0.15, -0.1) is 0 Å². The van der Waals surface area contributed by atoms with E-state index in [9.17, 15) is 18.8 Å². The zero-order valence-electron chi connectivity index (χ0n) is 11.1. The van der Waals surface area contributed by atoms with E-state index in [0.717, 1.165) is 6.07 Å². The lowest BCUT2D eigenvalue weighted by molar-refractivity contribution is -0.122. The van der Waals surface area contributed by atoms with Crippen LogP contribution in [0.5, 0.6) is 0 Å². The normalized spacial score (nSPS) is 17.0. The molecule has 1 fully saturated rings. The number of nitrogens with zero attached hydrogens (tertiary/aromatic N) is 1. The molecule has 1 N–H and O–H groups in total. The summed E-state index contributed by atoms with van der Waals surface area (Å²) in [5, 5.41) is 2.00. The van der Waals surface area contributed by atoms with E-state index in [1.54, 1.807) is 6.07 Å². The molecule has 2 heterocycles. The zero-order valence-corrected chi connectivity index (χ0v) is 11.1. The number of carbonyl (C=O) groups is 3. The van der Waals surface area contributed by atoms with Crippen LogP contribution in [0.25, 0.3) is 6.08 Å². The standard InChI is InChI=1S/C15H9FN2O4/c16-11-5-1-2-6-12(11)18-14(20)10(13(19)17-15(18)21)8-9-4-3-7-22-9/h1-8H,(H,17,19,21)/b10-8+. The number of benzene rings is 1. The molecular weight excluding hydrogens is 291 g/mol. The Hall–Kier alpha value is -3.22. The first-order valence-corrected chi connectivity index (χ1v) is 6.27. The molecule has 0 atom stereocenters. The molecule has 6 nitrogen and oxygen atoms in total. The van der Waals surface area contributed by atoms with Crippen molar-refractivity contribution in [3.05, 3.63) is 59.8 Å². The van der Waals surface area contributed by atoms with E-state index in [-0.39, 0.29) is 17.0 Å². The minimum absolute atomic E-state index is 0.233. The Morgan fingerprint density at radius 3 is 2.55 bits per heavy atom. The van der Waals surface area contributed by atoms with Crippen molar-refractivity contribution in [1.82, 2.24) is 5.32 Å². The maximum atomic E-state index is 13.8. The Bertz CT molecular complexity index is 796. The van der Waals surface area contributed by atoms with Gasteiger partial charge in [0.25, 0.3) is 11.8 Å². The van der Waals surface area contributed by atoms with Crippen molar-refractivity contribution in [2.45, 2.75) is 0 Å². The molecule has 1 aromatic carbocycles. The molecule has 1 aliphatic rings. The highest BCUT2D eigenvalue weighted by Gasteiger charge is 2.38. The number of furan rings is 1. The lowest BCUT2D eigenvalue weighted by Crippen LogP contribution is -2.54. The maximum absolute atomic E-state index is 13.8. The summed E-state index contributed by atoms with van der Waals surface area (Å²) in [5.74, 6) is -2.27. The number of carbonyl (C=O) groups excluding carboxylic acids is 3. The lowest BCUT2D eigenvalue weighted by atomic mass is 10.1. The fourth-order valence-electron chi connectivity index (χ4n) is 2.02. The van der Waals surface area contributed by atoms with E-state index >= 15 is 0 Å². The highest BCUT2D eigenvalue weighted by atomic mass is 19.1. The van der Waals surface area contributed by atoms with Crippen LogP contribution in [0.15, 0.2) is 52.7 Å². The van der Waals surface area contributed by atoms with Gasteiger partial charge in [-0.3, -0.25) is 14.9 Å². The van der Waals surface area contributed by atoms with Crippen molar-refractivity contribution in [1.29, 1.82) is 0 Å². The van der Waals surface area contributed by atoms with E-state index in [4.69, 9.17) is 4.42 Å². The van der Waals surface area contributed by atoms with Crippen LogP contribution in [0.2, 0.25) is 0 Å². The predicted molar refractivity (Wildman–Crippen MR) is 74.1 cm³/mol. The highest BCUT2D eigenvalue weighted by molar-refractivity contribution is 6.39. The molecule has 22 heavy (non-hydrogen) atoms. The van der Waals surface area contributed by atoms with Crippen molar-refractivity contribution in [2.75, 3.05) is 4.90 Å². The third-order valence-electron chi connectivity index (χ3n) is 3.02. The van der Waals surface area contributed by atoms with Gasteiger partial charge < -0.3 is 4.42 Å². The van der Waals surface area contributed by atoms with Crippen LogP contribution >= 0.6 is 0 Å². The van der Waals surface area contributed by atoms with Crippen molar-refractivity contribution in [2.24, 2.45) is 0 Å². The fraction of sp³-hybridized carbons (Fsp3) is 0. The van der Waals surface area contributed by atoms with E-state index < -0.39 is 23.7 Å². The lowest BCUT2D eigenvalue weighted by Gasteiger charge is -2.26. The average Bonchev–Trinajstić information content (AvgIpc) is 2.98. The van der Waals surface area contributed by atoms with Crippen LogP contribution in [0, 0.1) is 5.82 Å². The Kier molecular flexibility index (Phi) is 3.30. The molecule has 110 valence electrons. The zero-order chi connectivity index (χ0) is 15.7. The van der Waals surface area contributed by atoms with Gasteiger partial charge in [0.2, 0.25) is 0 Å². The topological polar surface area (TPSA) is 79.6 Å². The van der Waals surface area contributed by atoms with Gasteiger partial charge in [-0.2, -0.15) is 0 Å². The molecule has 0 aliphatic carbocycles. The molecule has 4 amide bonds. The molecule has 1 aliphatic heterocycles. The summed E-state index contributed by atoms with van der Waals surface area (Å²) in [6.45, 7) is 0. The molecule has 3 rings (SSSR count). The highest BCUT2D eigenvalue weighted by Crippen LogP contribution is 2.24. The molecule has 0 unspecified atom stereocenters. The van der Waals surface area contributed by atoms with Gasteiger partial charge >= 0.3 is 6.03 Å². The minimum atomic E-state index is -1.00. The van der Waals surface area contributed by atoms with Gasteiger partial charge in [-0.1, -0.05) is 12.1 Å². The number of imide groups is 2. The third kappa shape index (κ3) is 2.28. The number of rotatable bonds is 2. The molecule has 1 aromatic heterocycles. The number of hydrogen-bond acceptors (Lipinski definition) is 4. The summed E-state index contributed by atoms with van der Waals surface area (Å²) in [5.41, 5.74) is -0.555. The summed E-state index contributed by atoms with van der Waals surface area (Å²) >= 11 is 0. The monoisotopic (exact) mass is 300 g/mol. The van der Waals surface area contributed by atoms with Gasteiger partial charge in [-0.05, 0) is 30.3 Å². The first kappa shape index (κ1) is 13.7. The van der Waals surface area contributed by atoms with E-state index in [2.05, 4.69) is 0 Å². The van der Waals surface area contributed by atoms with Crippen LogP contribution in [0.3, 0.4) is 0 Å². The number of nitrogens with one attached hydrogen (secondary N) is 1. The van der Waals surface area contributed by atoms with Gasteiger partial charge in [-0.25, -0.2) is 14.1 Å². The van der Waals surface area contributed by atoms with Crippen LogP contribution < -0.4 is 10.2 Å². The number of para-hydroxylation sites is 1. The quantitative estimate of drug-likeness (QED) is 0.680. The van der Waals surface area contributed by atoms with Crippen LogP contribution in [-0.4, -0.2) is 17.8 Å². The predicted octanol–water partition coefficient (Wildman–Crippen LogP) is 2.09. The average molecular weight is 300 g/mol. The molecule has 0 saturated carbocycles. The molecule has 0 radical (unpaired) electrons. The summed E-state index contributed by atoms with van der Waals surface area (Å²) in [7, 11) is 0. The summed E-state index contributed by atoms with van der Waals surface area (Å²) in [6, 6.07) is 7.41.